The van der Waals surface area contributed by atoms with E-state index in [0.717, 1.165) is 13.1 Å². The Kier molecular flexibility index (Phi) is 6.61. The van der Waals surface area contributed by atoms with Crippen LogP contribution < -0.4 is 5.32 Å². The topological polar surface area (TPSA) is 72.9 Å². The van der Waals surface area contributed by atoms with Crippen molar-refractivity contribution in [1.29, 1.82) is 0 Å². The SMILES string of the molecule is CC1CN(C(=O)NCCCC(=O)O)C(C)CN1Cc1ccccc1. The molecule has 2 unspecified atom stereocenters. The van der Waals surface area contributed by atoms with E-state index in [1.54, 1.807) is 0 Å². The number of carbonyl (C=O) groups is 2. The van der Waals surface area contributed by atoms with Crippen molar-refractivity contribution in [3.05, 3.63) is 35.9 Å². The van der Waals surface area contributed by atoms with Gasteiger partial charge in [0.15, 0.2) is 0 Å². The number of piperazine rings is 1. The second-order valence-electron chi connectivity index (χ2n) is 6.49. The lowest BCUT2D eigenvalue weighted by Crippen LogP contribution is -2.59. The van der Waals surface area contributed by atoms with Crippen LogP contribution in [-0.4, -0.2) is 58.6 Å². The van der Waals surface area contributed by atoms with E-state index in [2.05, 4.69) is 36.2 Å². The van der Waals surface area contributed by atoms with Crippen LogP contribution >= 0.6 is 0 Å². The zero-order chi connectivity index (χ0) is 17.5. The predicted molar refractivity (Wildman–Crippen MR) is 92.8 cm³/mol. The van der Waals surface area contributed by atoms with Crippen LogP contribution in [-0.2, 0) is 11.3 Å². The molecule has 6 heteroatoms. The van der Waals surface area contributed by atoms with Crippen molar-refractivity contribution < 1.29 is 14.7 Å². The molecule has 2 atom stereocenters. The molecular formula is C18H27N3O3. The number of amides is 2. The number of aliphatic carboxylic acids is 1. The highest BCUT2D eigenvalue weighted by atomic mass is 16.4. The van der Waals surface area contributed by atoms with Crippen LogP contribution in [0.25, 0.3) is 0 Å². The minimum atomic E-state index is -0.833. The van der Waals surface area contributed by atoms with Gasteiger partial charge in [-0.2, -0.15) is 0 Å². The summed E-state index contributed by atoms with van der Waals surface area (Å²) in [4.78, 5) is 27.1. The van der Waals surface area contributed by atoms with E-state index in [4.69, 9.17) is 5.11 Å². The molecule has 1 saturated heterocycles. The van der Waals surface area contributed by atoms with E-state index < -0.39 is 5.97 Å². The van der Waals surface area contributed by atoms with Crippen LogP contribution in [0.4, 0.5) is 4.79 Å². The van der Waals surface area contributed by atoms with Gasteiger partial charge >= 0.3 is 12.0 Å². The summed E-state index contributed by atoms with van der Waals surface area (Å²) in [6, 6.07) is 10.7. The average molecular weight is 333 g/mol. The molecule has 2 rings (SSSR count). The molecule has 1 aromatic carbocycles. The quantitative estimate of drug-likeness (QED) is 0.783. The summed E-state index contributed by atoms with van der Waals surface area (Å²) < 4.78 is 0. The fraction of sp³-hybridized carbons (Fsp3) is 0.556. The molecule has 132 valence electrons. The highest BCUT2D eigenvalue weighted by Crippen LogP contribution is 2.18. The van der Waals surface area contributed by atoms with E-state index in [0.29, 0.717) is 19.5 Å². The molecule has 0 aliphatic carbocycles. The molecule has 0 spiro atoms. The molecule has 6 nitrogen and oxygen atoms in total. The number of carbonyl (C=O) groups excluding carboxylic acids is 1. The number of hydrogen-bond acceptors (Lipinski definition) is 3. The zero-order valence-electron chi connectivity index (χ0n) is 14.4. The van der Waals surface area contributed by atoms with Crippen LogP contribution in [0, 0.1) is 0 Å². The Labute approximate surface area is 143 Å². The molecule has 1 fully saturated rings. The summed E-state index contributed by atoms with van der Waals surface area (Å²) in [5.41, 5.74) is 1.28. The number of benzene rings is 1. The monoisotopic (exact) mass is 333 g/mol. The van der Waals surface area contributed by atoms with E-state index in [9.17, 15) is 9.59 Å². The molecule has 0 bridgehead atoms. The second kappa shape index (κ2) is 8.68. The summed E-state index contributed by atoms with van der Waals surface area (Å²) in [5.74, 6) is -0.833. The van der Waals surface area contributed by atoms with Crippen molar-refractivity contribution in [2.75, 3.05) is 19.6 Å². The Morgan fingerprint density at radius 2 is 1.88 bits per heavy atom. The minimum Gasteiger partial charge on any atom is -0.481 e. The normalized spacial score (nSPS) is 21.5. The summed E-state index contributed by atoms with van der Waals surface area (Å²) in [5, 5.41) is 11.5. The lowest BCUT2D eigenvalue weighted by Gasteiger charge is -2.44. The molecular weight excluding hydrogens is 306 g/mol. The summed E-state index contributed by atoms with van der Waals surface area (Å²) >= 11 is 0. The lowest BCUT2D eigenvalue weighted by molar-refractivity contribution is -0.137. The van der Waals surface area contributed by atoms with E-state index in [-0.39, 0.29) is 24.5 Å². The van der Waals surface area contributed by atoms with Crippen LogP contribution in [0.15, 0.2) is 30.3 Å². The number of nitrogens with one attached hydrogen (secondary N) is 1. The van der Waals surface area contributed by atoms with Gasteiger partial charge in [-0.15, -0.1) is 0 Å². The van der Waals surface area contributed by atoms with Crippen molar-refractivity contribution in [2.24, 2.45) is 0 Å². The first-order chi connectivity index (χ1) is 11.5. The number of carboxylic acid groups (broad SMARTS) is 1. The van der Waals surface area contributed by atoms with E-state index in [1.165, 1.54) is 5.56 Å². The third kappa shape index (κ3) is 5.23. The van der Waals surface area contributed by atoms with Gasteiger partial charge in [0.25, 0.3) is 0 Å². The Bertz CT molecular complexity index is 550. The first-order valence-corrected chi connectivity index (χ1v) is 8.51. The first kappa shape index (κ1) is 18.3. The number of nitrogens with zero attached hydrogens (tertiary/aromatic N) is 2. The third-order valence-electron chi connectivity index (χ3n) is 4.45. The summed E-state index contributed by atoms with van der Waals surface area (Å²) in [6.45, 7) is 6.99. The van der Waals surface area contributed by atoms with Gasteiger partial charge in [0, 0.05) is 44.7 Å². The van der Waals surface area contributed by atoms with Crippen LogP contribution in [0.3, 0.4) is 0 Å². The van der Waals surface area contributed by atoms with Crippen molar-refractivity contribution in [3.63, 3.8) is 0 Å². The molecule has 24 heavy (non-hydrogen) atoms. The van der Waals surface area contributed by atoms with Crippen molar-refractivity contribution in [3.8, 4) is 0 Å². The summed E-state index contributed by atoms with van der Waals surface area (Å²) in [6.07, 6.45) is 0.538. The number of rotatable bonds is 6. The number of carboxylic acids is 1. The molecule has 0 radical (unpaired) electrons. The molecule has 2 amide bonds. The third-order valence-corrected chi connectivity index (χ3v) is 4.45. The highest BCUT2D eigenvalue weighted by Gasteiger charge is 2.31. The van der Waals surface area contributed by atoms with Crippen molar-refractivity contribution in [1.82, 2.24) is 15.1 Å². The maximum absolute atomic E-state index is 12.3. The lowest BCUT2D eigenvalue weighted by atomic mass is 10.1. The number of hydrogen-bond donors (Lipinski definition) is 2. The Morgan fingerprint density at radius 3 is 2.54 bits per heavy atom. The smallest absolute Gasteiger partial charge is 0.317 e. The molecule has 2 N–H and O–H groups in total. The van der Waals surface area contributed by atoms with Gasteiger partial charge in [-0.25, -0.2) is 4.79 Å². The van der Waals surface area contributed by atoms with Crippen molar-refractivity contribution in [2.45, 2.75) is 45.3 Å². The zero-order valence-corrected chi connectivity index (χ0v) is 14.4. The van der Waals surface area contributed by atoms with Gasteiger partial charge in [0.1, 0.15) is 0 Å². The molecule has 1 aliphatic heterocycles. The molecule has 0 saturated carbocycles. The maximum atomic E-state index is 12.3. The second-order valence-corrected chi connectivity index (χ2v) is 6.49. The van der Waals surface area contributed by atoms with Gasteiger partial charge in [-0.1, -0.05) is 30.3 Å². The molecule has 0 aromatic heterocycles. The van der Waals surface area contributed by atoms with Crippen LogP contribution in [0.1, 0.15) is 32.3 Å². The van der Waals surface area contributed by atoms with Crippen LogP contribution in [0.2, 0.25) is 0 Å². The largest absolute Gasteiger partial charge is 0.481 e. The van der Waals surface area contributed by atoms with E-state index >= 15 is 0 Å². The predicted octanol–water partition coefficient (Wildman–Crippen LogP) is 2.16. The molecule has 1 heterocycles. The standard InChI is InChI=1S/C18H27N3O3/c1-14-12-21(18(24)19-10-6-9-17(22)23)15(2)11-20(14)13-16-7-4-3-5-8-16/h3-5,7-8,14-15H,6,9-13H2,1-2H3,(H,19,24)(H,22,23). The maximum Gasteiger partial charge on any atom is 0.317 e. The molecule has 1 aromatic rings. The van der Waals surface area contributed by atoms with Gasteiger partial charge in [0.2, 0.25) is 0 Å². The fourth-order valence-electron chi connectivity index (χ4n) is 3.06. The Balaban J connectivity index is 1.83. The van der Waals surface area contributed by atoms with Gasteiger partial charge in [0.05, 0.1) is 0 Å². The van der Waals surface area contributed by atoms with Crippen molar-refractivity contribution >= 4 is 12.0 Å². The van der Waals surface area contributed by atoms with Crippen LogP contribution in [0.5, 0.6) is 0 Å². The number of urea groups is 1. The molecule has 1 aliphatic rings. The fourth-order valence-corrected chi connectivity index (χ4v) is 3.06. The minimum absolute atomic E-state index is 0.0804. The van der Waals surface area contributed by atoms with Gasteiger partial charge in [-0.05, 0) is 25.8 Å². The first-order valence-electron chi connectivity index (χ1n) is 8.51. The van der Waals surface area contributed by atoms with Gasteiger partial charge < -0.3 is 15.3 Å². The average Bonchev–Trinajstić information content (AvgIpc) is 2.55. The Hall–Kier alpha value is -2.08. The van der Waals surface area contributed by atoms with E-state index in [1.807, 2.05) is 23.1 Å². The summed E-state index contributed by atoms with van der Waals surface area (Å²) in [7, 11) is 0. The Morgan fingerprint density at radius 1 is 1.17 bits per heavy atom. The van der Waals surface area contributed by atoms with Gasteiger partial charge in [-0.3, -0.25) is 9.69 Å². The highest BCUT2D eigenvalue weighted by molar-refractivity contribution is 5.74.